The highest BCUT2D eigenvalue weighted by Gasteiger charge is 2.05. The zero-order valence-electron chi connectivity index (χ0n) is 12.8. The van der Waals surface area contributed by atoms with Crippen LogP contribution in [0.5, 0.6) is 0 Å². The minimum Gasteiger partial charge on any atom is -0.397 e. The monoisotopic (exact) mass is 251 g/mol. The lowest BCUT2D eigenvalue weighted by molar-refractivity contribution is 0.416. The summed E-state index contributed by atoms with van der Waals surface area (Å²) < 4.78 is 0. The molecule has 18 heavy (non-hydrogen) atoms. The van der Waals surface area contributed by atoms with Crippen molar-refractivity contribution >= 4 is 11.4 Å². The summed E-state index contributed by atoms with van der Waals surface area (Å²) in [7, 11) is 6.25. The Morgan fingerprint density at radius 3 is 2.11 bits per heavy atom. The second-order valence-corrected chi connectivity index (χ2v) is 4.47. The molecule has 3 heteroatoms. The molecule has 104 valence electrons. The predicted octanol–water partition coefficient (Wildman–Crippen LogP) is 2.86. The summed E-state index contributed by atoms with van der Waals surface area (Å²) >= 11 is 0. The molecule has 0 aliphatic carbocycles. The number of nitrogens with zero attached hydrogens (tertiary/aromatic N) is 2. The van der Waals surface area contributed by atoms with Crippen LogP contribution >= 0.6 is 0 Å². The van der Waals surface area contributed by atoms with E-state index in [2.05, 4.69) is 56.1 Å². The first-order valence-corrected chi connectivity index (χ1v) is 6.79. The molecule has 0 spiro atoms. The van der Waals surface area contributed by atoms with Crippen molar-refractivity contribution in [2.75, 3.05) is 44.9 Å². The van der Waals surface area contributed by atoms with Crippen LogP contribution in [0.3, 0.4) is 0 Å². The fourth-order valence-electron chi connectivity index (χ4n) is 1.64. The molecule has 0 aliphatic heterocycles. The number of rotatable bonds is 5. The van der Waals surface area contributed by atoms with Crippen molar-refractivity contribution in [3.63, 3.8) is 0 Å². The van der Waals surface area contributed by atoms with Gasteiger partial charge in [0.15, 0.2) is 0 Å². The smallest absolute Gasteiger partial charge is 0.0597 e. The second kappa shape index (κ2) is 8.81. The minimum atomic E-state index is 0.876. The Labute approximate surface area is 113 Å². The fourth-order valence-corrected chi connectivity index (χ4v) is 1.64. The van der Waals surface area contributed by atoms with E-state index < -0.39 is 0 Å². The van der Waals surface area contributed by atoms with Gasteiger partial charge in [-0.1, -0.05) is 26.8 Å². The van der Waals surface area contributed by atoms with Crippen LogP contribution in [0.1, 0.15) is 26.3 Å². The van der Waals surface area contributed by atoms with E-state index in [4.69, 9.17) is 5.73 Å². The van der Waals surface area contributed by atoms with E-state index in [0.717, 1.165) is 30.9 Å². The van der Waals surface area contributed by atoms with Crippen LogP contribution < -0.4 is 10.6 Å². The van der Waals surface area contributed by atoms with Gasteiger partial charge in [0.2, 0.25) is 0 Å². The number of hydrogen-bond acceptors (Lipinski definition) is 3. The average Bonchev–Trinajstić information content (AvgIpc) is 2.38. The zero-order chi connectivity index (χ0) is 14.1. The van der Waals surface area contributed by atoms with E-state index in [1.165, 1.54) is 5.56 Å². The summed E-state index contributed by atoms with van der Waals surface area (Å²) in [4.78, 5) is 4.38. The third-order valence-electron chi connectivity index (χ3n) is 2.79. The number of anilines is 2. The number of hydrogen-bond donors (Lipinski definition) is 1. The molecule has 0 amide bonds. The van der Waals surface area contributed by atoms with E-state index in [0.29, 0.717) is 0 Å². The molecule has 1 rings (SSSR count). The van der Waals surface area contributed by atoms with Gasteiger partial charge in [-0.15, -0.1) is 0 Å². The zero-order valence-corrected chi connectivity index (χ0v) is 12.8. The molecule has 0 unspecified atom stereocenters. The Kier molecular flexibility index (Phi) is 8.21. The molecule has 0 aliphatic rings. The minimum absolute atomic E-state index is 0.876. The number of benzene rings is 1. The van der Waals surface area contributed by atoms with E-state index >= 15 is 0 Å². The van der Waals surface area contributed by atoms with Crippen molar-refractivity contribution in [3.05, 3.63) is 23.8 Å². The normalized spacial score (nSPS) is 9.94. The first kappa shape index (κ1) is 16.8. The summed E-state index contributed by atoms with van der Waals surface area (Å²) in [6, 6.07) is 6.34. The Hall–Kier alpha value is -1.22. The largest absolute Gasteiger partial charge is 0.397 e. The Morgan fingerprint density at radius 1 is 1.06 bits per heavy atom. The predicted molar refractivity (Wildman–Crippen MR) is 83.4 cm³/mol. The first-order chi connectivity index (χ1) is 8.54. The van der Waals surface area contributed by atoms with E-state index in [9.17, 15) is 0 Å². The van der Waals surface area contributed by atoms with Crippen molar-refractivity contribution in [3.8, 4) is 0 Å². The van der Waals surface area contributed by atoms with Crippen molar-refractivity contribution in [1.82, 2.24) is 4.90 Å². The van der Waals surface area contributed by atoms with Crippen LogP contribution in [-0.2, 0) is 6.42 Å². The van der Waals surface area contributed by atoms with E-state index in [-0.39, 0.29) is 0 Å². The lowest BCUT2D eigenvalue weighted by atomic mass is 10.1. The quantitative estimate of drug-likeness (QED) is 0.817. The average molecular weight is 251 g/mol. The molecule has 0 radical (unpaired) electrons. The number of nitrogen functional groups attached to an aromatic ring is 1. The fraction of sp³-hybridized carbons (Fsp3) is 0.600. The van der Waals surface area contributed by atoms with Crippen LogP contribution in [-0.4, -0.2) is 39.1 Å². The molecule has 0 bridgehead atoms. The molecule has 1 aromatic carbocycles. The van der Waals surface area contributed by atoms with Gasteiger partial charge in [-0.05, 0) is 38.2 Å². The van der Waals surface area contributed by atoms with Crippen molar-refractivity contribution in [2.45, 2.75) is 27.2 Å². The van der Waals surface area contributed by atoms with Gasteiger partial charge in [0.1, 0.15) is 0 Å². The third-order valence-corrected chi connectivity index (χ3v) is 2.79. The van der Waals surface area contributed by atoms with Gasteiger partial charge in [0.25, 0.3) is 0 Å². The van der Waals surface area contributed by atoms with Crippen LogP contribution in [0, 0.1) is 0 Å². The molecular formula is C15H29N3. The molecule has 0 saturated heterocycles. The number of aryl methyl sites for hydroxylation is 1. The molecule has 0 saturated carbocycles. The summed E-state index contributed by atoms with van der Waals surface area (Å²) in [5, 5.41) is 0. The van der Waals surface area contributed by atoms with Gasteiger partial charge in [0, 0.05) is 20.1 Å². The van der Waals surface area contributed by atoms with Crippen LogP contribution in [0.25, 0.3) is 0 Å². The van der Waals surface area contributed by atoms with Crippen molar-refractivity contribution < 1.29 is 0 Å². The Bertz CT molecular complexity index is 335. The van der Waals surface area contributed by atoms with Gasteiger partial charge < -0.3 is 15.5 Å². The lowest BCUT2D eigenvalue weighted by Gasteiger charge is -2.23. The highest BCUT2D eigenvalue weighted by molar-refractivity contribution is 5.68. The molecule has 3 nitrogen and oxygen atoms in total. The molecule has 2 N–H and O–H groups in total. The summed E-state index contributed by atoms with van der Waals surface area (Å²) in [5.41, 5.74) is 9.34. The summed E-state index contributed by atoms with van der Waals surface area (Å²) in [6.07, 6.45) is 1.03. The summed E-state index contributed by atoms with van der Waals surface area (Å²) in [5.74, 6) is 0. The van der Waals surface area contributed by atoms with Crippen molar-refractivity contribution in [2.24, 2.45) is 0 Å². The maximum absolute atomic E-state index is 6.05. The third kappa shape index (κ3) is 5.41. The molecule has 0 fully saturated rings. The lowest BCUT2D eigenvalue weighted by Crippen LogP contribution is -2.28. The molecule has 0 aromatic heterocycles. The molecule has 0 heterocycles. The van der Waals surface area contributed by atoms with Gasteiger partial charge >= 0.3 is 0 Å². The first-order valence-electron chi connectivity index (χ1n) is 6.79. The van der Waals surface area contributed by atoms with Gasteiger partial charge in [-0.25, -0.2) is 0 Å². The standard InChI is InChI=1S/C13H23N3.C2H6/c1-5-11-6-7-13(12(14)10-11)16(4)9-8-15(2)3;1-2/h6-7,10H,5,8-9,14H2,1-4H3;1-2H3. The Balaban J connectivity index is 0.00000137. The molecule has 1 aromatic rings. The van der Waals surface area contributed by atoms with Crippen LogP contribution in [0.2, 0.25) is 0 Å². The SMILES string of the molecule is CC.CCc1ccc(N(C)CCN(C)C)c(N)c1. The maximum atomic E-state index is 6.05. The van der Waals surface area contributed by atoms with Gasteiger partial charge in [-0.3, -0.25) is 0 Å². The topological polar surface area (TPSA) is 32.5 Å². The van der Waals surface area contributed by atoms with Crippen LogP contribution in [0.15, 0.2) is 18.2 Å². The highest BCUT2D eigenvalue weighted by atomic mass is 15.2. The number of likely N-dealkylation sites (N-methyl/N-ethyl adjacent to an activating group) is 2. The van der Waals surface area contributed by atoms with Crippen molar-refractivity contribution in [1.29, 1.82) is 0 Å². The highest BCUT2D eigenvalue weighted by Crippen LogP contribution is 2.23. The molecular weight excluding hydrogens is 222 g/mol. The van der Waals surface area contributed by atoms with Gasteiger partial charge in [-0.2, -0.15) is 0 Å². The molecule has 0 atom stereocenters. The van der Waals surface area contributed by atoms with Gasteiger partial charge in [0.05, 0.1) is 11.4 Å². The Morgan fingerprint density at radius 2 is 1.67 bits per heavy atom. The van der Waals surface area contributed by atoms with E-state index in [1.807, 2.05) is 13.8 Å². The second-order valence-electron chi connectivity index (χ2n) is 4.47. The van der Waals surface area contributed by atoms with Crippen LogP contribution in [0.4, 0.5) is 11.4 Å². The number of nitrogens with two attached hydrogens (primary N) is 1. The van der Waals surface area contributed by atoms with E-state index in [1.54, 1.807) is 0 Å². The maximum Gasteiger partial charge on any atom is 0.0597 e. The summed E-state index contributed by atoms with van der Waals surface area (Å²) in [6.45, 7) is 8.17.